The first-order valence-corrected chi connectivity index (χ1v) is 12.1. The van der Waals surface area contributed by atoms with Crippen molar-refractivity contribution >= 4 is 26.9 Å². The maximum atomic E-state index is 13.8. The van der Waals surface area contributed by atoms with Gasteiger partial charge in [0.1, 0.15) is 17.1 Å². The average Bonchev–Trinajstić information content (AvgIpc) is 3.50. The highest BCUT2D eigenvalue weighted by Gasteiger charge is 2.54. The molecule has 1 N–H and O–H groups in total. The van der Waals surface area contributed by atoms with E-state index in [0.29, 0.717) is 18.7 Å². The number of benzene rings is 2. The van der Waals surface area contributed by atoms with Gasteiger partial charge < -0.3 is 9.84 Å². The van der Waals surface area contributed by atoms with Crippen LogP contribution in [0, 0.1) is 0 Å². The Labute approximate surface area is 187 Å². The molecule has 1 fully saturated rings. The van der Waals surface area contributed by atoms with Crippen LogP contribution in [0.2, 0.25) is 0 Å². The smallest absolute Gasteiger partial charge is 0.241 e. The molecule has 32 heavy (non-hydrogen) atoms. The lowest BCUT2D eigenvalue weighted by atomic mass is 9.84. The summed E-state index contributed by atoms with van der Waals surface area (Å²) in [5.41, 5.74) is 4.25. The third-order valence-electron chi connectivity index (χ3n) is 6.21. The van der Waals surface area contributed by atoms with Gasteiger partial charge in [-0.2, -0.15) is 5.10 Å². The number of para-hydroxylation sites is 1. The molecule has 2 aromatic carbocycles. The summed E-state index contributed by atoms with van der Waals surface area (Å²) in [4.78, 5) is 0. The molecule has 0 aliphatic carbocycles. The van der Waals surface area contributed by atoms with Crippen molar-refractivity contribution in [2.24, 2.45) is 7.05 Å². The lowest BCUT2D eigenvalue weighted by molar-refractivity contribution is 0.128. The molecule has 3 heterocycles. The number of fused-ring (bicyclic) bond motifs is 2. The molecule has 166 valence electrons. The van der Waals surface area contributed by atoms with Crippen LogP contribution >= 0.6 is 0 Å². The number of ether oxygens (including phenoxy) is 1. The second kappa shape index (κ2) is 7.79. The van der Waals surface area contributed by atoms with Crippen LogP contribution in [0.25, 0.3) is 11.1 Å². The highest BCUT2D eigenvalue weighted by atomic mass is 32.2. The number of aromatic hydroxyl groups is 1. The molecular weight excluding hydrogens is 426 g/mol. The van der Waals surface area contributed by atoms with Crippen molar-refractivity contribution in [3.8, 4) is 5.75 Å². The largest absolute Gasteiger partial charge is 0.508 e. The molecule has 2 aliphatic rings. The number of phenolic OH excluding ortho intramolecular Hbond substituents is 1. The first-order valence-electron chi connectivity index (χ1n) is 10.6. The summed E-state index contributed by atoms with van der Waals surface area (Å²) in [6, 6.07) is 16.0. The summed E-state index contributed by atoms with van der Waals surface area (Å²) in [6.07, 6.45) is 3.17. The van der Waals surface area contributed by atoms with Crippen LogP contribution in [-0.2, 0) is 21.8 Å². The molecule has 0 amide bonds. The predicted octanol–water partition coefficient (Wildman–Crippen LogP) is 3.43. The first-order chi connectivity index (χ1) is 15.4. The Kier molecular flexibility index (Phi) is 5.06. The Morgan fingerprint density at radius 2 is 1.81 bits per heavy atom. The molecular formula is C24H25N3O4S. The SMILES string of the molecule is CCN(c1ccccc1)S(=O)(=O)C1CC2OC1C(c1ccc(O)cc1)=C2c1cnn(C)c1. The molecule has 2 aliphatic heterocycles. The number of aryl methyl sites for hydroxylation is 1. The van der Waals surface area contributed by atoms with E-state index in [-0.39, 0.29) is 11.9 Å². The Bertz CT molecular complexity index is 1270. The highest BCUT2D eigenvalue weighted by molar-refractivity contribution is 7.93. The van der Waals surface area contributed by atoms with Gasteiger partial charge in [0.2, 0.25) is 10.0 Å². The number of phenols is 1. The molecule has 3 aromatic rings. The highest BCUT2D eigenvalue weighted by Crippen LogP contribution is 2.51. The minimum atomic E-state index is -3.68. The maximum Gasteiger partial charge on any atom is 0.241 e. The van der Waals surface area contributed by atoms with Gasteiger partial charge in [-0.05, 0) is 54.3 Å². The van der Waals surface area contributed by atoms with E-state index in [0.717, 1.165) is 22.3 Å². The summed E-state index contributed by atoms with van der Waals surface area (Å²) in [5, 5.41) is 13.4. The molecule has 0 spiro atoms. The molecule has 2 bridgehead atoms. The van der Waals surface area contributed by atoms with Crippen molar-refractivity contribution in [2.45, 2.75) is 30.8 Å². The Morgan fingerprint density at radius 3 is 2.44 bits per heavy atom. The van der Waals surface area contributed by atoms with E-state index in [9.17, 15) is 13.5 Å². The summed E-state index contributed by atoms with van der Waals surface area (Å²) < 4.78 is 37.1. The van der Waals surface area contributed by atoms with Crippen molar-refractivity contribution in [2.75, 3.05) is 10.8 Å². The number of anilines is 1. The topological polar surface area (TPSA) is 84.7 Å². The Balaban J connectivity index is 1.60. The zero-order chi connectivity index (χ0) is 22.5. The monoisotopic (exact) mass is 451 g/mol. The molecule has 0 radical (unpaired) electrons. The Hall–Kier alpha value is -3.10. The van der Waals surface area contributed by atoms with Gasteiger partial charge in [0.15, 0.2) is 0 Å². The van der Waals surface area contributed by atoms with E-state index in [1.807, 2.05) is 62.6 Å². The summed E-state index contributed by atoms with van der Waals surface area (Å²) in [6.45, 7) is 2.18. The van der Waals surface area contributed by atoms with Gasteiger partial charge in [-0.15, -0.1) is 0 Å². The van der Waals surface area contributed by atoms with Gasteiger partial charge >= 0.3 is 0 Å². The van der Waals surface area contributed by atoms with Crippen LogP contribution in [0.5, 0.6) is 5.75 Å². The van der Waals surface area contributed by atoms with E-state index in [1.54, 1.807) is 23.0 Å². The predicted molar refractivity (Wildman–Crippen MR) is 124 cm³/mol. The van der Waals surface area contributed by atoms with Gasteiger partial charge in [0.05, 0.1) is 18.0 Å². The molecule has 1 saturated heterocycles. The van der Waals surface area contributed by atoms with Crippen molar-refractivity contribution in [1.29, 1.82) is 0 Å². The zero-order valence-electron chi connectivity index (χ0n) is 17.9. The maximum absolute atomic E-state index is 13.8. The van der Waals surface area contributed by atoms with Crippen molar-refractivity contribution in [3.05, 3.63) is 78.1 Å². The molecule has 1 aromatic heterocycles. The lowest BCUT2D eigenvalue weighted by Gasteiger charge is -2.31. The second-order valence-electron chi connectivity index (χ2n) is 8.14. The normalized spacial score (nSPS) is 22.5. The fraction of sp³-hybridized carbons (Fsp3) is 0.292. The van der Waals surface area contributed by atoms with Crippen LogP contribution < -0.4 is 4.31 Å². The number of hydrogen-bond donors (Lipinski definition) is 1. The van der Waals surface area contributed by atoms with E-state index in [2.05, 4.69) is 5.10 Å². The lowest BCUT2D eigenvalue weighted by Crippen LogP contribution is -2.43. The van der Waals surface area contributed by atoms with Crippen LogP contribution in [0.1, 0.15) is 24.5 Å². The van der Waals surface area contributed by atoms with E-state index < -0.39 is 21.4 Å². The third kappa shape index (κ3) is 3.30. The third-order valence-corrected chi connectivity index (χ3v) is 8.50. The summed E-state index contributed by atoms with van der Waals surface area (Å²) >= 11 is 0. The van der Waals surface area contributed by atoms with Crippen molar-refractivity contribution in [1.82, 2.24) is 9.78 Å². The number of aromatic nitrogens is 2. The standard InChI is InChI=1S/C24H25N3O4S/c1-3-27(18-7-5-4-6-8-18)32(29,30)21-13-20-22(17-14-25-26(2)15-17)23(24(21)31-20)16-9-11-19(28)12-10-16/h4-12,14-15,20-21,24,28H,3,13H2,1-2H3. The van der Waals surface area contributed by atoms with Crippen LogP contribution in [0.15, 0.2) is 67.0 Å². The minimum absolute atomic E-state index is 0.159. The minimum Gasteiger partial charge on any atom is -0.508 e. The van der Waals surface area contributed by atoms with Gasteiger partial charge in [0.25, 0.3) is 0 Å². The molecule has 8 heteroatoms. The summed E-state index contributed by atoms with van der Waals surface area (Å²) in [5.74, 6) is 0.159. The zero-order valence-corrected chi connectivity index (χ0v) is 18.7. The molecule has 0 saturated carbocycles. The van der Waals surface area contributed by atoms with Crippen molar-refractivity contribution in [3.63, 3.8) is 0 Å². The Morgan fingerprint density at radius 1 is 1.09 bits per heavy atom. The molecule has 5 rings (SSSR count). The number of sulfonamides is 1. The van der Waals surface area contributed by atoms with E-state index in [1.165, 1.54) is 4.31 Å². The van der Waals surface area contributed by atoms with Gasteiger partial charge in [-0.1, -0.05) is 30.3 Å². The van der Waals surface area contributed by atoms with Crippen LogP contribution in [-0.4, -0.2) is 47.3 Å². The van der Waals surface area contributed by atoms with Crippen molar-refractivity contribution < 1.29 is 18.3 Å². The average molecular weight is 452 g/mol. The van der Waals surface area contributed by atoms with Gasteiger partial charge in [-0.3, -0.25) is 8.99 Å². The molecule has 3 atom stereocenters. The number of rotatable bonds is 6. The number of nitrogens with zero attached hydrogens (tertiary/aromatic N) is 3. The second-order valence-corrected chi connectivity index (χ2v) is 10.2. The summed E-state index contributed by atoms with van der Waals surface area (Å²) in [7, 11) is -1.83. The molecule has 3 unspecified atom stereocenters. The van der Waals surface area contributed by atoms with E-state index >= 15 is 0 Å². The fourth-order valence-corrected chi connectivity index (χ4v) is 6.86. The van der Waals surface area contributed by atoms with Crippen LogP contribution in [0.4, 0.5) is 5.69 Å². The quantitative estimate of drug-likeness (QED) is 0.621. The fourth-order valence-electron chi connectivity index (χ4n) is 4.83. The first kappa shape index (κ1) is 20.8. The number of hydrogen-bond acceptors (Lipinski definition) is 5. The van der Waals surface area contributed by atoms with Gasteiger partial charge in [-0.25, -0.2) is 8.42 Å². The van der Waals surface area contributed by atoms with E-state index in [4.69, 9.17) is 4.74 Å². The van der Waals surface area contributed by atoms with Gasteiger partial charge in [0, 0.05) is 25.4 Å². The van der Waals surface area contributed by atoms with Crippen LogP contribution in [0.3, 0.4) is 0 Å². The molecule has 7 nitrogen and oxygen atoms in total.